The van der Waals surface area contributed by atoms with Crippen molar-refractivity contribution < 1.29 is 14.7 Å². The van der Waals surface area contributed by atoms with Crippen molar-refractivity contribution >= 4 is 22.9 Å². The Hall–Kier alpha value is -2.37. The van der Waals surface area contributed by atoms with Gasteiger partial charge in [-0.05, 0) is 18.6 Å². The molecule has 2 aromatic rings. The maximum Gasteiger partial charge on any atom is 0.308 e. The molecule has 0 fully saturated rings. The fourth-order valence-corrected chi connectivity index (χ4v) is 2.35. The van der Waals surface area contributed by atoms with E-state index in [-0.39, 0.29) is 12.5 Å². The van der Waals surface area contributed by atoms with Crippen LogP contribution in [-0.4, -0.2) is 45.4 Å². The molecule has 2 rings (SSSR count). The predicted octanol–water partition coefficient (Wildman–Crippen LogP) is 1.98. The zero-order valence-corrected chi connectivity index (χ0v) is 13.1. The number of aromatic nitrogens is 2. The quantitative estimate of drug-likeness (QED) is 0.854. The summed E-state index contributed by atoms with van der Waals surface area (Å²) in [6, 6.07) is 5.92. The summed E-state index contributed by atoms with van der Waals surface area (Å²) in [6.07, 6.45) is 0.820. The first-order valence-electron chi connectivity index (χ1n) is 7.29. The molecule has 0 spiro atoms. The lowest BCUT2D eigenvalue weighted by atomic mass is 10.1. The number of H-pyrrole nitrogens is 1. The van der Waals surface area contributed by atoms with Gasteiger partial charge in [0, 0.05) is 26.4 Å². The molecule has 0 aliphatic heterocycles. The van der Waals surface area contributed by atoms with Gasteiger partial charge in [-0.25, -0.2) is 4.98 Å². The molecule has 6 heteroatoms. The summed E-state index contributed by atoms with van der Waals surface area (Å²) < 4.78 is 0. The van der Waals surface area contributed by atoms with E-state index in [0.717, 1.165) is 22.4 Å². The number of aliphatic carboxylic acids is 1. The van der Waals surface area contributed by atoms with Crippen LogP contribution in [-0.2, 0) is 16.0 Å². The highest BCUT2D eigenvalue weighted by Gasteiger charge is 2.17. The van der Waals surface area contributed by atoms with Gasteiger partial charge in [0.05, 0.1) is 17.0 Å². The molecule has 0 radical (unpaired) electrons. The Morgan fingerprint density at radius 3 is 2.77 bits per heavy atom. The van der Waals surface area contributed by atoms with Crippen LogP contribution in [0, 0.1) is 12.8 Å². The van der Waals surface area contributed by atoms with Crippen molar-refractivity contribution in [1.82, 2.24) is 14.9 Å². The third kappa shape index (κ3) is 3.63. The number of fused-ring (bicyclic) bond motifs is 1. The van der Waals surface area contributed by atoms with Gasteiger partial charge >= 0.3 is 5.97 Å². The van der Waals surface area contributed by atoms with Crippen LogP contribution >= 0.6 is 0 Å². The highest BCUT2D eigenvalue weighted by atomic mass is 16.4. The van der Waals surface area contributed by atoms with E-state index in [4.69, 9.17) is 5.11 Å². The predicted molar refractivity (Wildman–Crippen MR) is 83.6 cm³/mol. The normalized spacial score (nSPS) is 12.3. The lowest BCUT2D eigenvalue weighted by Gasteiger charge is -2.19. The van der Waals surface area contributed by atoms with Gasteiger partial charge in [-0.3, -0.25) is 9.59 Å². The molecule has 0 aliphatic rings. The zero-order valence-electron chi connectivity index (χ0n) is 13.1. The summed E-state index contributed by atoms with van der Waals surface area (Å²) in [7, 11) is 1.63. The summed E-state index contributed by atoms with van der Waals surface area (Å²) in [6.45, 7) is 3.81. The number of nitrogens with zero attached hydrogens (tertiary/aromatic N) is 2. The summed E-state index contributed by atoms with van der Waals surface area (Å²) in [5.74, 6) is -0.766. The van der Waals surface area contributed by atoms with E-state index in [1.807, 2.05) is 25.1 Å². The number of benzene rings is 1. The molecule has 1 atom stereocenters. The van der Waals surface area contributed by atoms with Gasteiger partial charge in [-0.2, -0.15) is 0 Å². The Bertz CT molecular complexity index is 693. The first-order valence-corrected chi connectivity index (χ1v) is 7.29. The van der Waals surface area contributed by atoms with E-state index in [9.17, 15) is 9.59 Å². The van der Waals surface area contributed by atoms with Crippen LogP contribution in [0.25, 0.3) is 11.0 Å². The van der Waals surface area contributed by atoms with Gasteiger partial charge < -0.3 is 15.0 Å². The number of hydrogen-bond donors (Lipinski definition) is 2. The molecular formula is C16H21N3O3. The van der Waals surface area contributed by atoms with Crippen molar-refractivity contribution in [3.05, 3.63) is 29.6 Å². The Morgan fingerprint density at radius 1 is 1.41 bits per heavy atom. The number of aromatic amines is 1. The summed E-state index contributed by atoms with van der Waals surface area (Å²) in [5, 5.41) is 8.87. The van der Waals surface area contributed by atoms with E-state index >= 15 is 0 Å². The standard InChI is InChI=1S/C16H21N3O3/c1-10-5-4-6-12-15(10)18-13(17-12)7-8-14(20)19(3)9-11(2)16(21)22/h4-6,11H,7-9H2,1-3H3,(H,17,18)(H,21,22). The topological polar surface area (TPSA) is 86.3 Å². The number of aryl methyl sites for hydroxylation is 2. The number of hydrogen-bond acceptors (Lipinski definition) is 3. The minimum atomic E-state index is -0.896. The maximum absolute atomic E-state index is 12.0. The smallest absolute Gasteiger partial charge is 0.308 e. The second kappa shape index (κ2) is 6.60. The van der Waals surface area contributed by atoms with Gasteiger partial charge in [-0.15, -0.1) is 0 Å². The van der Waals surface area contributed by atoms with Crippen molar-refractivity contribution in [1.29, 1.82) is 0 Å². The molecule has 1 aromatic heterocycles. The van der Waals surface area contributed by atoms with E-state index in [1.165, 1.54) is 4.90 Å². The number of amides is 1. The number of rotatable bonds is 6. The molecule has 6 nitrogen and oxygen atoms in total. The van der Waals surface area contributed by atoms with Crippen LogP contribution in [0.2, 0.25) is 0 Å². The fraction of sp³-hybridized carbons (Fsp3) is 0.438. The number of carbonyl (C=O) groups excluding carboxylic acids is 1. The van der Waals surface area contributed by atoms with Crippen molar-refractivity contribution in [2.45, 2.75) is 26.7 Å². The number of carboxylic acids is 1. The molecule has 1 unspecified atom stereocenters. The van der Waals surface area contributed by atoms with Gasteiger partial charge in [0.15, 0.2) is 0 Å². The highest BCUT2D eigenvalue weighted by molar-refractivity contribution is 5.79. The van der Waals surface area contributed by atoms with Gasteiger partial charge in [0.1, 0.15) is 5.82 Å². The van der Waals surface area contributed by atoms with Crippen LogP contribution in [0.1, 0.15) is 24.7 Å². The Kier molecular flexibility index (Phi) is 4.80. The average Bonchev–Trinajstić information content (AvgIpc) is 2.89. The average molecular weight is 303 g/mol. The maximum atomic E-state index is 12.0. The number of carbonyl (C=O) groups is 2. The number of carboxylic acid groups (broad SMARTS) is 1. The molecule has 118 valence electrons. The van der Waals surface area contributed by atoms with Crippen LogP contribution in [0.3, 0.4) is 0 Å². The third-order valence-corrected chi connectivity index (χ3v) is 3.73. The van der Waals surface area contributed by atoms with Crippen LogP contribution in [0.4, 0.5) is 0 Å². The molecular weight excluding hydrogens is 282 g/mol. The van der Waals surface area contributed by atoms with Crippen molar-refractivity contribution in [2.24, 2.45) is 5.92 Å². The first kappa shape index (κ1) is 16.0. The molecule has 1 aromatic carbocycles. The third-order valence-electron chi connectivity index (χ3n) is 3.73. The highest BCUT2D eigenvalue weighted by Crippen LogP contribution is 2.16. The lowest BCUT2D eigenvalue weighted by Crippen LogP contribution is -2.33. The van der Waals surface area contributed by atoms with Crippen molar-refractivity contribution in [3.63, 3.8) is 0 Å². The van der Waals surface area contributed by atoms with Crippen molar-refractivity contribution in [2.75, 3.05) is 13.6 Å². The minimum absolute atomic E-state index is 0.0784. The number of nitrogens with one attached hydrogen (secondary N) is 1. The Morgan fingerprint density at radius 2 is 2.14 bits per heavy atom. The fourth-order valence-electron chi connectivity index (χ4n) is 2.35. The molecule has 0 saturated carbocycles. The largest absolute Gasteiger partial charge is 0.481 e. The zero-order chi connectivity index (χ0) is 16.3. The van der Waals surface area contributed by atoms with Gasteiger partial charge in [-0.1, -0.05) is 19.1 Å². The number of para-hydroxylation sites is 1. The van der Waals surface area contributed by atoms with Gasteiger partial charge in [0.2, 0.25) is 5.91 Å². The summed E-state index contributed by atoms with van der Waals surface area (Å²) >= 11 is 0. The second-order valence-electron chi connectivity index (χ2n) is 5.67. The van der Waals surface area contributed by atoms with Crippen LogP contribution in [0.15, 0.2) is 18.2 Å². The SMILES string of the molecule is Cc1cccc2[nH]c(CCC(=O)N(C)CC(C)C(=O)O)nc12. The molecule has 1 amide bonds. The lowest BCUT2D eigenvalue weighted by molar-refractivity contribution is -0.142. The monoisotopic (exact) mass is 303 g/mol. The Labute approximate surface area is 129 Å². The van der Waals surface area contributed by atoms with E-state index in [1.54, 1.807) is 14.0 Å². The first-order chi connectivity index (χ1) is 10.4. The molecule has 1 heterocycles. The van der Waals surface area contributed by atoms with Crippen LogP contribution < -0.4 is 0 Å². The van der Waals surface area contributed by atoms with E-state index in [2.05, 4.69) is 9.97 Å². The van der Waals surface area contributed by atoms with Crippen molar-refractivity contribution in [3.8, 4) is 0 Å². The summed E-state index contributed by atoms with van der Waals surface area (Å²) in [5.41, 5.74) is 2.99. The van der Waals surface area contributed by atoms with Crippen LogP contribution in [0.5, 0.6) is 0 Å². The summed E-state index contributed by atoms with van der Waals surface area (Å²) in [4.78, 5) is 32.1. The molecule has 0 bridgehead atoms. The Balaban J connectivity index is 1.95. The second-order valence-corrected chi connectivity index (χ2v) is 5.67. The minimum Gasteiger partial charge on any atom is -0.481 e. The molecule has 2 N–H and O–H groups in total. The molecule has 0 aliphatic carbocycles. The van der Waals surface area contributed by atoms with E-state index < -0.39 is 11.9 Å². The molecule has 0 saturated heterocycles. The van der Waals surface area contributed by atoms with Gasteiger partial charge in [0.25, 0.3) is 0 Å². The number of imidazole rings is 1. The van der Waals surface area contributed by atoms with E-state index in [0.29, 0.717) is 12.8 Å². The molecule has 22 heavy (non-hydrogen) atoms.